The van der Waals surface area contributed by atoms with Gasteiger partial charge in [-0.3, -0.25) is 4.79 Å². The summed E-state index contributed by atoms with van der Waals surface area (Å²) in [5.41, 5.74) is 2.09. The van der Waals surface area contributed by atoms with Crippen molar-refractivity contribution in [2.45, 2.75) is 31.7 Å². The molecule has 0 amide bonds. The summed E-state index contributed by atoms with van der Waals surface area (Å²) in [5.74, 6) is 1.65. The van der Waals surface area contributed by atoms with Crippen LogP contribution in [0.5, 0.6) is 0 Å². The lowest BCUT2D eigenvalue weighted by molar-refractivity contribution is 0.568. The predicted octanol–water partition coefficient (Wildman–Crippen LogP) is 3.14. The van der Waals surface area contributed by atoms with Gasteiger partial charge in [0, 0.05) is 30.2 Å². The zero-order valence-electron chi connectivity index (χ0n) is 11.8. The quantitative estimate of drug-likeness (QED) is 0.924. The number of nitrogens with one attached hydrogen (secondary N) is 1. The Bertz CT molecular complexity index is 698. The van der Waals surface area contributed by atoms with Crippen molar-refractivity contribution in [3.63, 3.8) is 0 Å². The molecular weight excluding hydrogens is 248 g/mol. The third-order valence-corrected chi connectivity index (χ3v) is 4.74. The third-order valence-electron chi connectivity index (χ3n) is 4.74. The summed E-state index contributed by atoms with van der Waals surface area (Å²) in [6.07, 6.45) is 5.38. The first kappa shape index (κ1) is 12.0. The van der Waals surface area contributed by atoms with E-state index >= 15 is 0 Å². The van der Waals surface area contributed by atoms with Crippen LogP contribution in [0.4, 0.5) is 5.69 Å². The van der Waals surface area contributed by atoms with Crippen molar-refractivity contribution in [3.8, 4) is 0 Å². The highest BCUT2D eigenvalue weighted by Crippen LogP contribution is 2.46. The molecule has 0 spiro atoms. The number of aromatic nitrogens is 1. The van der Waals surface area contributed by atoms with E-state index in [0.29, 0.717) is 6.04 Å². The normalized spacial score (nSPS) is 18.7. The van der Waals surface area contributed by atoms with Gasteiger partial charge in [-0.05, 0) is 43.6 Å². The molecule has 2 aromatic rings. The number of rotatable bonds is 4. The lowest BCUT2D eigenvalue weighted by Gasteiger charge is -2.21. The second kappa shape index (κ2) is 4.37. The van der Waals surface area contributed by atoms with Crippen LogP contribution in [0.3, 0.4) is 0 Å². The van der Waals surface area contributed by atoms with Gasteiger partial charge in [0.2, 0.25) is 0 Å². The molecule has 2 aliphatic rings. The molecule has 0 atom stereocenters. The summed E-state index contributed by atoms with van der Waals surface area (Å²) in [6, 6.07) is 10.5. The fourth-order valence-electron chi connectivity index (χ4n) is 3.24. The molecule has 0 radical (unpaired) electrons. The number of para-hydroxylation sites is 1. The van der Waals surface area contributed by atoms with E-state index in [2.05, 4.69) is 11.4 Å². The van der Waals surface area contributed by atoms with Gasteiger partial charge in [-0.25, -0.2) is 0 Å². The molecule has 0 bridgehead atoms. The Morgan fingerprint density at radius 1 is 1.15 bits per heavy atom. The Balaban J connectivity index is 1.78. The van der Waals surface area contributed by atoms with E-state index in [4.69, 9.17) is 0 Å². The summed E-state index contributed by atoms with van der Waals surface area (Å²) in [7, 11) is 1.84. The summed E-state index contributed by atoms with van der Waals surface area (Å²) in [6.45, 7) is 0. The highest BCUT2D eigenvalue weighted by molar-refractivity contribution is 5.91. The lowest BCUT2D eigenvalue weighted by atomic mass is 10.1. The number of benzene rings is 1. The maximum Gasteiger partial charge on any atom is 0.252 e. The van der Waals surface area contributed by atoms with Crippen LogP contribution in [-0.2, 0) is 7.05 Å². The molecule has 20 heavy (non-hydrogen) atoms. The molecule has 104 valence electrons. The lowest BCUT2D eigenvalue weighted by Crippen LogP contribution is -2.26. The van der Waals surface area contributed by atoms with Crippen LogP contribution in [0.15, 0.2) is 35.1 Å². The van der Waals surface area contributed by atoms with Crippen LogP contribution in [0.25, 0.3) is 10.9 Å². The average Bonchev–Trinajstić information content (AvgIpc) is 3.34. The van der Waals surface area contributed by atoms with Crippen LogP contribution >= 0.6 is 0 Å². The number of hydrogen-bond acceptors (Lipinski definition) is 2. The van der Waals surface area contributed by atoms with Crippen molar-refractivity contribution < 1.29 is 0 Å². The highest BCUT2D eigenvalue weighted by Gasteiger charge is 2.41. The van der Waals surface area contributed by atoms with Crippen molar-refractivity contribution in [1.29, 1.82) is 0 Å². The molecule has 3 heteroatoms. The molecule has 0 saturated heterocycles. The van der Waals surface area contributed by atoms with E-state index < -0.39 is 0 Å². The van der Waals surface area contributed by atoms with Gasteiger partial charge in [0.25, 0.3) is 5.56 Å². The first-order chi connectivity index (χ1) is 9.74. The highest BCUT2D eigenvalue weighted by atomic mass is 16.1. The van der Waals surface area contributed by atoms with Crippen molar-refractivity contribution in [3.05, 3.63) is 40.7 Å². The molecule has 4 rings (SSSR count). The summed E-state index contributed by atoms with van der Waals surface area (Å²) in [4.78, 5) is 12.1. The van der Waals surface area contributed by atoms with Gasteiger partial charge < -0.3 is 9.88 Å². The maximum absolute atomic E-state index is 12.1. The van der Waals surface area contributed by atoms with Crippen molar-refractivity contribution in [1.82, 2.24) is 4.57 Å². The fourth-order valence-corrected chi connectivity index (χ4v) is 3.24. The van der Waals surface area contributed by atoms with Gasteiger partial charge in [-0.1, -0.05) is 18.2 Å². The van der Waals surface area contributed by atoms with E-state index in [1.54, 1.807) is 10.6 Å². The SMILES string of the molecule is Cn1c(=O)cc(NC(C2CC2)C2CC2)c2ccccc21. The first-order valence-electron chi connectivity index (χ1n) is 7.59. The Labute approximate surface area is 118 Å². The van der Waals surface area contributed by atoms with E-state index in [0.717, 1.165) is 28.4 Å². The van der Waals surface area contributed by atoms with E-state index in [1.807, 2.05) is 25.2 Å². The van der Waals surface area contributed by atoms with Gasteiger partial charge in [0.05, 0.1) is 5.52 Å². The average molecular weight is 268 g/mol. The van der Waals surface area contributed by atoms with Crippen LogP contribution in [0.1, 0.15) is 25.7 Å². The number of anilines is 1. The standard InChI is InChI=1S/C17H20N2O/c1-19-15-5-3-2-4-13(15)14(10-16(19)20)18-17(11-6-7-11)12-8-9-12/h2-5,10-12,17-18H,6-9H2,1H3. The largest absolute Gasteiger partial charge is 0.381 e. The molecule has 1 N–H and O–H groups in total. The number of hydrogen-bond donors (Lipinski definition) is 1. The van der Waals surface area contributed by atoms with E-state index in [9.17, 15) is 4.79 Å². The van der Waals surface area contributed by atoms with Crippen LogP contribution < -0.4 is 10.9 Å². The molecule has 0 aliphatic heterocycles. The maximum atomic E-state index is 12.1. The molecule has 3 nitrogen and oxygen atoms in total. The Morgan fingerprint density at radius 3 is 2.45 bits per heavy atom. The smallest absolute Gasteiger partial charge is 0.252 e. The zero-order valence-corrected chi connectivity index (χ0v) is 11.8. The Morgan fingerprint density at radius 2 is 1.80 bits per heavy atom. The Kier molecular flexibility index (Phi) is 2.62. The number of nitrogens with zero attached hydrogens (tertiary/aromatic N) is 1. The number of fused-ring (bicyclic) bond motifs is 1. The summed E-state index contributed by atoms with van der Waals surface area (Å²) < 4.78 is 1.73. The minimum atomic E-state index is 0.0662. The van der Waals surface area contributed by atoms with E-state index in [-0.39, 0.29) is 5.56 Å². The van der Waals surface area contributed by atoms with Gasteiger partial charge >= 0.3 is 0 Å². The van der Waals surface area contributed by atoms with Gasteiger partial charge in [0.1, 0.15) is 0 Å². The predicted molar refractivity (Wildman–Crippen MR) is 82.0 cm³/mol. The topological polar surface area (TPSA) is 34.0 Å². The van der Waals surface area contributed by atoms with Gasteiger partial charge in [0.15, 0.2) is 0 Å². The molecule has 0 unspecified atom stereocenters. The van der Waals surface area contributed by atoms with E-state index in [1.165, 1.54) is 25.7 Å². The minimum Gasteiger partial charge on any atom is -0.381 e. The molecule has 1 aromatic heterocycles. The first-order valence-corrected chi connectivity index (χ1v) is 7.59. The molecule has 1 heterocycles. The van der Waals surface area contributed by atoms with Crippen molar-refractivity contribution >= 4 is 16.6 Å². The molecule has 2 fully saturated rings. The molecule has 2 aliphatic carbocycles. The van der Waals surface area contributed by atoms with Crippen molar-refractivity contribution in [2.24, 2.45) is 18.9 Å². The Hall–Kier alpha value is -1.77. The molecule has 1 aromatic carbocycles. The molecule has 2 saturated carbocycles. The second-order valence-corrected chi connectivity index (χ2v) is 6.32. The second-order valence-electron chi connectivity index (χ2n) is 6.32. The number of aryl methyl sites for hydroxylation is 1. The van der Waals surface area contributed by atoms with Crippen LogP contribution in [0.2, 0.25) is 0 Å². The van der Waals surface area contributed by atoms with Crippen LogP contribution in [0, 0.1) is 11.8 Å². The number of pyridine rings is 1. The van der Waals surface area contributed by atoms with Gasteiger partial charge in [-0.2, -0.15) is 0 Å². The fraction of sp³-hybridized carbons (Fsp3) is 0.471. The zero-order chi connectivity index (χ0) is 13.7. The monoisotopic (exact) mass is 268 g/mol. The van der Waals surface area contributed by atoms with Gasteiger partial charge in [-0.15, -0.1) is 0 Å². The minimum absolute atomic E-state index is 0.0662. The summed E-state index contributed by atoms with van der Waals surface area (Å²) in [5, 5.41) is 4.85. The van der Waals surface area contributed by atoms with Crippen molar-refractivity contribution in [2.75, 3.05) is 5.32 Å². The third kappa shape index (κ3) is 2.01. The molecular formula is C17H20N2O. The summed E-state index contributed by atoms with van der Waals surface area (Å²) >= 11 is 0. The van der Waals surface area contributed by atoms with Crippen LogP contribution in [-0.4, -0.2) is 10.6 Å².